The molecule has 1 saturated heterocycles. The molecule has 1 fully saturated rings. The SMILES string of the molecule is C#CC(CCC)NC(=O)N1CCC(C)CC1C(=O)O. The van der Waals surface area contributed by atoms with Crippen molar-refractivity contribution in [2.24, 2.45) is 5.92 Å². The monoisotopic (exact) mass is 266 g/mol. The smallest absolute Gasteiger partial charge is 0.326 e. The highest BCUT2D eigenvalue weighted by atomic mass is 16.4. The van der Waals surface area contributed by atoms with Gasteiger partial charge in [0.25, 0.3) is 0 Å². The van der Waals surface area contributed by atoms with Crippen molar-refractivity contribution in [2.45, 2.75) is 51.6 Å². The van der Waals surface area contributed by atoms with Crippen LogP contribution in [0.25, 0.3) is 0 Å². The topological polar surface area (TPSA) is 69.6 Å². The third kappa shape index (κ3) is 4.16. The first-order valence-electron chi connectivity index (χ1n) is 6.75. The molecular formula is C14H22N2O3. The van der Waals surface area contributed by atoms with Gasteiger partial charge in [0.1, 0.15) is 6.04 Å². The third-order valence-electron chi connectivity index (χ3n) is 3.49. The van der Waals surface area contributed by atoms with E-state index < -0.39 is 12.0 Å². The van der Waals surface area contributed by atoms with Crippen LogP contribution in [0.3, 0.4) is 0 Å². The number of likely N-dealkylation sites (tertiary alicyclic amines) is 1. The number of carbonyl (C=O) groups excluding carboxylic acids is 1. The van der Waals surface area contributed by atoms with Crippen LogP contribution < -0.4 is 5.32 Å². The maximum absolute atomic E-state index is 12.1. The molecule has 106 valence electrons. The average molecular weight is 266 g/mol. The number of hydrogen-bond acceptors (Lipinski definition) is 2. The fourth-order valence-corrected chi connectivity index (χ4v) is 2.34. The van der Waals surface area contributed by atoms with Gasteiger partial charge in [0.2, 0.25) is 0 Å². The minimum Gasteiger partial charge on any atom is -0.480 e. The summed E-state index contributed by atoms with van der Waals surface area (Å²) in [6.45, 7) is 4.46. The van der Waals surface area contributed by atoms with Gasteiger partial charge < -0.3 is 15.3 Å². The van der Waals surface area contributed by atoms with E-state index in [0.29, 0.717) is 25.3 Å². The molecule has 0 bridgehead atoms. The number of nitrogens with one attached hydrogen (secondary N) is 1. The molecule has 5 nitrogen and oxygen atoms in total. The maximum atomic E-state index is 12.1. The highest BCUT2D eigenvalue weighted by Crippen LogP contribution is 2.22. The zero-order valence-corrected chi connectivity index (χ0v) is 11.6. The van der Waals surface area contributed by atoms with Crippen molar-refractivity contribution in [1.82, 2.24) is 10.2 Å². The Bertz CT molecular complexity index is 375. The van der Waals surface area contributed by atoms with Gasteiger partial charge in [-0.25, -0.2) is 9.59 Å². The molecule has 5 heteroatoms. The predicted molar refractivity (Wildman–Crippen MR) is 72.6 cm³/mol. The Morgan fingerprint density at radius 2 is 2.26 bits per heavy atom. The summed E-state index contributed by atoms with van der Waals surface area (Å²) in [5, 5.41) is 11.9. The first-order chi connectivity index (χ1) is 8.99. The van der Waals surface area contributed by atoms with Gasteiger partial charge in [0.15, 0.2) is 0 Å². The summed E-state index contributed by atoms with van der Waals surface area (Å²) >= 11 is 0. The van der Waals surface area contributed by atoms with Gasteiger partial charge in [-0.1, -0.05) is 26.2 Å². The lowest BCUT2D eigenvalue weighted by atomic mass is 9.93. The molecule has 1 aliphatic rings. The van der Waals surface area contributed by atoms with Gasteiger partial charge in [-0.2, -0.15) is 0 Å². The molecule has 19 heavy (non-hydrogen) atoms. The minimum atomic E-state index is -0.950. The van der Waals surface area contributed by atoms with Crippen molar-refractivity contribution in [3.05, 3.63) is 0 Å². The molecule has 3 atom stereocenters. The lowest BCUT2D eigenvalue weighted by Gasteiger charge is -2.36. The molecule has 0 aromatic carbocycles. The number of hydrogen-bond donors (Lipinski definition) is 2. The van der Waals surface area contributed by atoms with E-state index in [1.807, 2.05) is 13.8 Å². The van der Waals surface area contributed by atoms with Gasteiger partial charge in [0.05, 0.1) is 6.04 Å². The van der Waals surface area contributed by atoms with Crippen molar-refractivity contribution in [2.75, 3.05) is 6.54 Å². The molecule has 0 aromatic heterocycles. The number of rotatable bonds is 4. The molecule has 1 aliphatic heterocycles. The number of terminal acetylenes is 1. The zero-order valence-electron chi connectivity index (χ0n) is 11.6. The van der Waals surface area contributed by atoms with Gasteiger partial charge in [-0.3, -0.25) is 0 Å². The van der Waals surface area contributed by atoms with Gasteiger partial charge in [-0.15, -0.1) is 6.42 Å². The second-order valence-electron chi connectivity index (χ2n) is 5.13. The van der Waals surface area contributed by atoms with Crippen molar-refractivity contribution in [3.63, 3.8) is 0 Å². The number of nitrogens with zero attached hydrogens (tertiary/aromatic N) is 1. The predicted octanol–water partition coefficient (Wildman–Crippen LogP) is 1.68. The van der Waals surface area contributed by atoms with E-state index in [1.54, 1.807) is 0 Å². The summed E-state index contributed by atoms with van der Waals surface area (Å²) < 4.78 is 0. The van der Waals surface area contributed by atoms with E-state index in [9.17, 15) is 14.7 Å². The van der Waals surface area contributed by atoms with E-state index in [2.05, 4.69) is 11.2 Å². The molecular weight excluding hydrogens is 244 g/mol. The summed E-state index contributed by atoms with van der Waals surface area (Å²) in [5.74, 6) is 1.89. The second kappa shape index (κ2) is 7.03. The standard InChI is InChI=1S/C14H22N2O3/c1-4-6-11(5-2)15-14(19)16-8-7-10(3)9-12(16)13(17)18/h2,10-12H,4,6-9H2,1,3H3,(H,15,19)(H,17,18). The van der Waals surface area contributed by atoms with Crippen LogP contribution in [0.15, 0.2) is 0 Å². The molecule has 0 saturated carbocycles. The van der Waals surface area contributed by atoms with Crippen LogP contribution in [0.5, 0.6) is 0 Å². The Hall–Kier alpha value is -1.70. The minimum absolute atomic E-state index is 0.323. The highest BCUT2D eigenvalue weighted by molar-refractivity contribution is 5.83. The fourth-order valence-electron chi connectivity index (χ4n) is 2.34. The number of piperidine rings is 1. The second-order valence-corrected chi connectivity index (χ2v) is 5.13. The van der Waals surface area contributed by atoms with E-state index >= 15 is 0 Å². The summed E-state index contributed by atoms with van der Waals surface area (Å²) in [4.78, 5) is 24.7. The van der Waals surface area contributed by atoms with Crippen molar-refractivity contribution in [3.8, 4) is 12.3 Å². The number of carboxylic acid groups (broad SMARTS) is 1. The average Bonchev–Trinajstić information content (AvgIpc) is 2.37. The highest BCUT2D eigenvalue weighted by Gasteiger charge is 2.35. The number of carbonyl (C=O) groups is 2. The number of carboxylic acids is 1. The first kappa shape index (κ1) is 15.4. The van der Waals surface area contributed by atoms with E-state index in [-0.39, 0.29) is 12.1 Å². The lowest BCUT2D eigenvalue weighted by molar-refractivity contribution is -0.143. The summed E-state index contributed by atoms with van der Waals surface area (Å²) in [6, 6.07) is -1.44. The Kier molecular flexibility index (Phi) is 5.68. The number of aliphatic carboxylic acids is 1. The van der Waals surface area contributed by atoms with Crippen LogP contribution in [-0.4, -0.2) is 40.6 Å². The maximum Gasteiger partial charge on any atom is 0.326 e. The van der Waals surface area contributed by atoms with Crippen LogP contribution in [0.2, 0.25) is 0 Å². The van der Waals surface area contributed by atoms with Crippen LogP contribution in [0.1, 0.15) is 39.5 Å². The molecule has 3 unspecified atom stereocenters. The van der Waals surface area contributed by atoms with Gasteiger partial charge in [-0.05, 0) is 25.2 Å². The Morgan fingerprint density at radius 1 is 1.58 bits per heavy atom. The molecule has 0 radical (unpaired) electrons. The molecule has 2 amide bonds. The van der Waals surface area contributed by atoms with Crippen molar-refractivity contribution in [1.29, 1.82) is 0 Å². The molecule has 2 N–H and O–H groups in total. The molecule has 1 rings (SSSR count). The van der Waals surface area contributed by atoms with Crippen LogP contribution in [0, 0.1) is 18.3 Å². The quantitative estimate of drug-likeness (QED) is 0.761. The summed E-state index contributed by atoms with van der Waals surface area (Å²) in [7, 11) is 0. The van der Waals surface area contributed by atoms with Crippen molar-refractivity contribution < 1.29 is 14.7 Å². The van der Waals surface area contributed by atoms with Crippen LogP contribution in [0.4, 0.5) is 4.79 Å². The summed E-state index contributed by atoms with van der Waals surface area (Å²) in [6.07, 6.45) is 8.24. The molecule has 0 spiro atoms. The molecule has 0 aromatic rings. The number of amides is 2. The normalized spacial score (nSPS) is 24.4. The number of urea groups is 1. The summed E-state index contributed by atoms with van der Waals surface area (Å²) in [5.41, 5.74) is 0. The van der Waals surface area contributed by atoms with Gasteiger partial charge >= 0.3 is 12.0 Å². The van der Waals surface area contributed by atoms with E-state index in [1.165, 1.54) is 4.90 Å². The lowest BCUT2D eigenvalue weighted by Crippen LogP contribution is -2.54. The largest absolute Gasteiger partial charge is 0.480 e. The van der Waals surface area contributed by atoms with Crippen LogP contribution in [-0.2, 0) is 4.79 Å². The Balaban J connectivity index is 2.68. The van der Waals surface area contributed by atoms with E-state index in [4.69, 9.17) is 6.42 Å². The third-order valence-corrected chi connectivity index (χ3v) is 3.49. The van der Waals surface area contributed by atoms with Gasteiger partial charge in [0, 0.05) is 6.54 Å². The Labute approximate surface area is 114 Å². The fraction of sp³-hybridized carbons (Fsp3) is 0.714. The first-order valence-corrected chi connectivity index (χ1v) is 6.75. The van der Waals surface area contributed by atoms with Crippen LogP contribution >= 0.6 is 0 Å². The Morgan fingerprint density at radius 3 is 2.79 bits per heavy atom. The molecule has 0 aliphatic carbocycles. The van der Waals surface area contributed by atoms with Crippen molar-refractivity contribution >= 4 is 12.0 Å². The zero-order chi connectivity index (χ0) is 14.4. The molecule has 1 heterocycles. The van der Waals surface area contributed by atoms with E-state index in [0.717, 1.165) is 12.8 Å².